The maximum Gasteiger partial charge on any atom is 0.490 e. The van der Waals surface area contributed by atoms with E-state index < -0.39 is 12.1 Å². The number of hydrogen-bond acceptors (Lipinski definition) is 7. The Morgan fingerprint density at radius 1 is 1.16 bits per heavy atom. The number of amides is 1. The Morgan fingerprint density at radius 2 is 1.94 bits per heavy atom. The third kappa shape index (κ3) is 5.66. The number of morpholine rings is 1. The first-order chi connectivity index (χ1) is 14.8. The average Bonchev–Trinajstić information content (AvgIpc) is 3.17. The fourth-order valence-electron chi connectivity index (χ4n) is 3.43. The molecule has 1 amide bonds. The summed E-state index contributed by atoms with van der Waals surface area (Å²) >= 11 is 0. The van der Waals surface area contributed by atoms with Crippen LogP contribution in [-0.4, -0.2) is 74.4 Å². The van der Waals surface area contributed by atoms with Gasteiger partial charge in [0.2, 0.25) is 5.88 Å². The lowest BCUT2D eigenvalue weighted by Crippen LogP contribution is -2.54. The molecule has 9 nitrogen and oxygen atoms in total. The van der Waals surface area contributed by atoms with Crippen molar-refractivity contribution in [2.24, 2.45) is 0 Å². The van der Waals surface area contributed by atoms with Gasteiger partial charge in [0.15, 0.2) is 0 Å². The van der Waals surface area contributed by atoms with Gasteiger partial charge in [0.05, 0.1) is 12.6 Å². The molecule has 2 aliphatic rings. The third-order valence-electron chi connectivity index (χ3n) is 4.75. The van der Waals surface area contributed by atoms with Gasteiger partial charge < -0.3 is 19.5 Å². The van der Waals surface area contributed by atoms with Crippen LogP contribution in [0, 0.1) is 0 Å². The Bertz CT molecular complexity index is 885. The van der Waals surface area contributed by atoms with Crippen LogP contribution in [0.15, 0.2) is 43.0 Å². The van der Waals surface area contributed by atoms with Gasteiger partial charge in [-0.3, -0.25) is 4.79 Å². The molecule has 12 heteroatoms. The van der Waals surface area contributed by atoms with Crippen LogP contribution >= 0.6 is 0 Å². The molecule has 2 aromatic rings. The van der Waals surface area contributed by atoms with Crippen molar-refractivity contribution in [1.82, 2.24) is 19.9 Å². The summed E-state index contributed by atoms with van der Waals surface area (Å²) < 4.78 is 43.6. The van der Waals surface area contributed by atoms with Gasteiger partial charge in [-0.1, -0.05) is 6.07 Å². The molecule has 166 valence electrons. The predicted octanol–water partition coefficient (Wildman–Crippen LogP) is 1.96. The summed E-state index contributed by atoms with van der Waals surface area (Å²) in [5, 5.41) is 7.12. The van der Waals surface area contributed by atoms with E-state index in [-0.39, 0.29) is 24.2 Å². The highest BCUT2D eigenvalue weighted by Crippen LogP contribution is 2.33. The first-order valence-electron chi connectivity index (χ1n) is 9.33. The SMILES string of the molecule is O=C(O)C(F)(F)F.O=C(c1ccncn1)N1CCO[C@H]2[C@@H](Oc3ccccn3)CC[C@@H]21. The summed E-state index contributed by atoms with van der Waals surface area (Å²) in [7, 11) is 0. The van der Waals surface area contributed by atoms with E-state index in [9.17, 15) is 18.0 Å². The minimum atomic E-state index is -5.08. The molecule has 1 aliphatic heterocycles. The lowest BCUT2D eigenvalue weighted by Gasteiger charge is -2.38. The second-order valence-electron chi connectivity index (χ2n) is 6.70. The summed E-state index contributed by atoms with van der Waals surface area (Å²) in [4.78, 5) is 35.6. The smallest absolute Gasteiger partial charge is 0.475 e. The number of pyridine rings is 1. The van der Waals surface area contributed by atoms with Gasteiger partial charge in [-0.05, 0) is 25.0 Å². The molecule has 0 radical (unpaired) electrons. The zero-order chi connectivity index (χ0) is 22.4. The van der Waals surface area contributed by atoms with Gasteiger partial charge in [0.1, 0.15) is 24.2 Å². The maximum absolute atomic E-state index is 12.7. The van der Waals surface area contributed by atoms with E-state index in [2.05, 4.69) is 15.0 Å². The summed E-state index contributed by atoms with van der Waals surface area (Å²) in [6, 6.07) is 7.23. The summed E-state index contributed by atoms with van der Waals surface area (Å²) in [5.74, 6) is -2.24. The van der Waals surface area contributed by atoms with E-state index in [4.69, 9.17) is 19.4 Å². The van der Waals surface area contributed by atoms with Crippen molar-refractivity contribution in [3.63, 3.8) is 0 Å². The van der Waals surface area contributed by atoms with E-state index in [1.165, 1.54) is 6.33 Å². The molecule has 0 bridgehead atoms. The molecule has 3 atom stereocenters. The van der Waals surface area contributed by atoms with Crippen molar-refractivity contribution in [2.45, 2.75) is 37.3 Å². The molecule has 0 spiro atoms. The van der Waals surface area contributed by atoms with Gasteiger partial charge in [0.25, 0.3) is 5.91 Å². The predicted molar refractivity (Wildman–Crippen MR) is 98.2 cm³/mol. The van der Waals surface area contributed by atoms with Crippen LogP contribution < -0.4 is 4.74 Å². The second-order valence-corrected chi connectivity index (χ2v) is 6.70. The second kappa shape index (κ2) is 9.69. The van der Waals surface area contributed by atoms with Crippen LogP contribution in [0.25, 0.3) is 0 Å². The Labute approximate surface area is 174 Å². The topological polar surface area (TPSA) is 115 Å². The van der Waals surface area contributed by atoms with Crippen molar-refractivity contribution in [1.29, 1.82) is 0 Å². The Hall–Kier alpha value is -3.28. The minimum Gasteiger partial charge on any atom is -0.475 e. The lowest BCUT2D eigenvalue weighted by atomic mass is 10.1. The molecular weight excluding hydrogens is 421 g/mol. The average molecular weight is 440 g/mol. The number of alkyl halides is 3. The largest absolute Gasteiger partial charge is 0.490 e. The number of fused-ring (bicyclic) bond motifs is 1. The maximum atomic E-state index is 12.7. The first kappa shape index (κ1) is 22.4. The molecule has 4 rings (SSSR count). The van der Waals surface area contributed by atoms with Gasteiger partial charge >= 0.3 is 12.1 Å². The monoisotopic (exact) mass is 440 g/mol. The van der Waals surface area contributed by atoms with Crippen LogP contribution in [0.1, 0.15) is 23.3 Å². The standard InChI is InChI=1S/C17H18N4O3.C2HF3O2/c22-17(12-6-8-18-11-20-12)21-9-10-23-16-13(21)4-5-14(16)24-15-3-1-2-7-19-15;3-2(4,5)1(6)7/h1-3,6-8,11,13-14,16H,4-5,9-10H2;(H,6,7)/t13-,14-,16+;/m0./s1. The highest BCUT2D eigenvalue weighted by molar-refractivity contribution is 5.92. The lowest BCUT2D eigenvalue weighted by molar-refractivity contribution is -0.192. The number of carbonyl (C=O) groups is 2. The molecule has 2 aromatic heterocycles. The van der Waals surface area contributed by atoms with E-state index in [1.807, 2.05) is 23.1 Å². The van der Waals surface area contributed by atoms with E-state index in [1.54, 1.807) is 18.5 Å². The van der Waals surface area contributed by atoms with E-state index in [0.29, 0.717) is 24.7 Å². The highest BCUT2D eigenvalue weighted by atomic mass is 19.4. The Balaban J connectivity index is 0.000000339. The molecule has 0 unspecified atom stereocenters. The molecule has 1 saturated carbocycles. The van der Waals surface area contributed by atoms with Crippen LogP contribution in [0.3, 0.4) is 0 Å². The number of carbonyl (C=O) groups excluding carboxylic acids is 1. The zero-order valence-electron chi connectivity index (χ0n) is 16.1. The van der Waals surface area contributed by atoms with Gasteiger partial charge in [-0.15, -0.1) is 0 Å². The molecular formula is C19H19F3N4O5. The first-order valence-corrected chi connectivity index (χ1v) is 9.33. The van der Waals surface area contributed by atoms with Gasteiger partial charge in [0, 0.05) is 25.0 Å². The number of aromatic nitrogens is 3. The Morgan fingerprint density at radius 3 is 2.55 bits per heavy atom. The number of rotatable bonds is 3. The van der Waals surface area contributed by atoms with E-state index >= 15 is 0 Å². The minimum absolute atomic E-state index is 0.00919. The van der Waals surface area contributed by atoms with Crippen LogP contribution in [0.4, 0.5) is 13.2 Å². The number of aliphatic carboxylic acids is 1. The van der Waals surface area contributed by atoms with Crippen LogP contribution in [-0.2, 0) is 9.53 Å². The molecule has 1 saturated heterocycles. The molecule has 31 heavy (non-hydrogen) atoms. The number of hydrogen-bond donors (Lipinski definition) is 1. The van der Waals surface area contributed by atoms with Crippen LogP contribution in [0.5, 0.6) is 5.88 Å². The molecule has 1 N–H and O–H groups in total. The molecule has 2 fully saturated rings. The normalized spacial score (nSPS) is 22.7. The van der Waals surface area contributed by atoms with Crippen LogP contribution in [0.2, 0.25) is 0 Å². The summed E-state index contributed by atoms with van der Waals surface area (Å²) in [6.45, 7) is 1.07. The van der Waals surface area contributed by atoms with Crippen molar-refractivity contribution >= 4 is 11.9 Å². The quantitative estimate of drug-likeness (QED) is 0.770. The third-order valence-corrected chi connectivity index (χ3v) is 4.75. The van der Waals surface area contributed by atoms with Crippen molar-refractivity contribution in [3.8, 4) is 5.88 Å². The van der Waals surface area contributed by atoms with Gasteiger partial charge in [-0.25, -0.2) is 19.7 Å². The molecule has 0 aromatic carbocycles. The number of ether oxygens (including phenoxy) is 2. The summed E-state index contributed by atoms with van der Waals surface area (Å²) in [5.41, 5.74) is 0.416. The molecule has 1 aliphatic carbocycles. The fourth-order valence-corrected chi connectivity index (χ4v) is 3.43. The van der Waals surface area contributed by atoms with E-state index in [0.717, 1.165) is 12.8 Å². The van der Waals surface area contributed by atoms with Crippen molar-refractivity contribution < 1.29 is 37.3 Å². The summed E-state index contributed by atoms with van der Waals surface area (Å²) in [6.07, 6.45) is 1.05. The number of nitrogens with zero attached hydrogens (tertiary/aromatic N) is 4. The highest BCUT2D eigenvalue weighted by Gasteiger charge is 2.46. The number of carboxylic acids is 1. The van der Waals surface area contributed by atoms with Gasteiger partial charge in [-0.2, -0.15) is 13.2 Å². The Kier molecular flexibility index (Phi) is 7.00. The van der Waals surface area contributed by atoms with Crippen molar-refractivity contribution in [2.75, 3.05) is 13.2 Å². The zero-order valence-corrected chi connectivity index (χ0v) is 16.1. The molecule has 3 heterocycles. The number of halogens is 3. The number of carboxylic acid groups (broad SMARTS) is 1. The fraction of sp³-hybridized carbons (Fsp3) is 0.421. The van der Waals surface area contributed by atoms with Crippen molar-refractivity contribution in [3.05, 3.63) is 48.7 Å².